The normalized spacial score (nSPS) is 12.6. The summed E-state index contributed by atoms with van der Waals surface area (Å²) in [5.41, 5.74) is 2.66. The van der Waals surface area contributed by atoms with Gasteiger partial charge >= 0.3 is 0 Å². The van der Waals surface area contributed by atoms with E-state index in [0.29, 0.717) is 6.04 Å². The average Bonchev–Trinajstić information content (AvgIpc) is 2.77. The number of hydrogen-bond acceptors (Lipinski definition) is 3. The number of thiophene rings is 1. The van der Waals surface area contributed by atoms with Crippen LogP contribution in [0.3, 0.4) is 0 Å². The van der Waals surface area contributed by atoms with Crippen molar-refractivity contribution < 1.29 is 0 Å². The Bertz CT molecular complexity index is 455. The summed E-state index contributed by atoms with van der Waals surface area (Å²) in [6.07, 6.45) is 4.70. The van der Waals surface area contributed by atoms with Gasteiger partial charge in [0.1, 0.15) is 0 Å². The largest absolute Gasteiger partial charge is 0.310 e. The molecule has 1 atom stereocenters. The van der Waals surface area contributed by atoms with E-state index in [1.165, 1.54) is 14.9 Å². The fourth-order valence-corrected chi connectivity index (χ4v) is 3.04. The Hall–Kier alpha value is -0.710. The lowest BCUT2D eigenvalue weighted by atomic mass is 10.0. The standard InChI is InChI=1S/C13H15BrN2S/c1-2-16-12(11-8-13(14)17-9-11)7-10-3-5-15-6-4-10/h3-6,8-9,12,16H,2,7H2,1H3. The molecule has 0 bridgehead atoms. The van der Waals surface area contributed by atoms with Crippen molar-refractivity contribution in [1.29, 1.82) is 0 Å². The van der Waals surface area contributed by atoms with E-state index in [1.807, 2.05) is 12.4 Å². The van der Waals surface area contributed by atoms with Crippen LogP contribution in [0, 0.1) is 0 Å². The fourth-order valence-electron chi connectivity index (χ4n) is 1.81. The van der Waals surface area contributed by atoms with E-state index in [0.717, 1.165) is 13.0 Å². The van der Waals surface area contributed by atoms with Crippen LogP contribution in [0.5, 0.6) is 0 Å². The van der Waals surface area contributed by atoms with Crippen molar-refractivity contribution in [1.82, 2.24) is 10.3 Å². The number of rotatable bonds is 5. The molecule has 2 aromatic heterocycles. The Kier molecular flexibility index (Phi) is 4.71. The second-order valence-electron chi connectivity index (χ2n) is 3.85. The van der Waals surface area contributed by atoms with Gasteiger partial charge in [0.05, 0.1) is 3.79 Å². The third-order valence-electron chi connectivity index (χ3n) is 2.63. The van der Waals surface area contributed by atoms with E-state index in [1.54, 1.807) is 11.3 Å². The van der Waals surface area contributed by atoms with Crippen LogP contribution in [0.2, 0.25) is 0 Å². The molecule has 2 rings (SSSR count). The van der Waals surface area contributed by atoms with Gasteiger partial charge in [-0.3, -0.25) is 4.98 Å². The van der Waals surface area contributed by atoms with Gasteiger partial charge < -0.3 is 5.32 Å². The molecular formula is C13H15BrN2S. The van der Waals surface area contributed by atoms with Crippen molar-refractivity contribution in [2.75, 3.05) is 6.54 Å². The first-order valence-corrected chi connectivity index (χ1v) is 7.33. The van der Waals surface area contributed by atoms with Gasteiger partial charge in [-0.2, -0.15) is 0 Å². The lowest BCUT2D eigenvalue weighted by molar-refractivity contribution is 0.551. The quantitative estimate of drug-likeness (QED) is 0.908. The molecular weight excluding hydrogens is 296 g/mol. The molecule has 17 heavy (non-hydrogen) atoms. The molecule has 0 radical (unpaired) electrons. The van der Waals surface area contributed by atoms with Crippen molar-refractivity contribution in [2.45, 2.75) is 19.4 Å². The van der Waals surface area contributed by atoms with Crippen LogP contribution in [0.25, 0.3) is 0 Å². The maximum atomic E-state index is 4.05. The van der Waals surface area contributed by atoms with Gasteiger partial charge in [0, 0.05) is 18.4 Å². The van der Waals surface area contributed by atoms with Crippen LogP contribution >= 0.6 is 27.3 Å². The summed E-state index contributed by atoms with van der Waals surface area (Å²) in [6.45, 7) is 3.12. The van der Waals surface area contributed by atoms with Gasteiger partial charge in [0.2, 0.25) is 0 Å². The minimum Gasteiger partial charge on any atom is -0.310 e. The Morgan fingerprint density at radius 3 is 2.76 bits per heavy atom. The SMILES string of the molecule is CCNC(Cc1ccncc1)c1csc(Br)c1. The number of hydrogen-bond donors (Lipinski definition) is 1. The molecule has 0 aliphatic carbocycles. The molecule has 0 aliphatic rings. The number of pyridine rings is 1. The highest BCUT2D eigenvalue weighted by Crippen LogP contribution is 2.27. The maximum Gasteiger partial charge on any atom is 0.0701 e. The monoisotopic (exact) mass is 310 g/mol. The van der Waals surface area contributed by atoms with Gasteiger partial charge in [-0.25, -0.2) is 0 Å². The summed E-state index contributed by atoms with van der Waals surface area (Å²) in [5, 5.41) is 5.73. The molecule has 1 N–H and O–H groups in total. The van der Waals surface area contributed by atoms with E-state index in [9.17, 15) is 0 Å². The van der Waals surface area contributed by atoms with Crippen LogP contribution < -0.4 is 5.32 Å². The predicted molar refractivity (Wildman–Crippen MR) is 76.4 cm³/mol. The van der Waals surface area contributed by atoms with E-state index in [2.05, 4.69) is 56.7 Å². The fraction of sp³-hybridized carbons (Fsp3) is 0.308. The highest BCUT2D eigenvalue weighted by Gasteiger charge is 2.12. The van der Waals surface area contributed by atoms with Crippen molar-refractivity contribution in [3.8, 4) is 0 Å². The molecule has 0 aliphatic heterocycles. The summed E-state index contributed by atoms with van der Waals surface area (Å²) in [7, 11) is 0. The lowest BCUT2D eigenvalue weighted by Crippen LogP contribution is -2.22. The molecule has 2 heterocycles. The third kappa shape index (κ3) is 3.63. The molecule has 90 valence electrons. The van der Waals surface area contributed by atoms with Crippen LogP contribution in [0.1, 0.15) is 24.1 Å². The minimum atomic E-state index is 0.380. The van der Waals surface area contributed by atoms with Crippen LogP contribution in [0.15, 0.2) is 39.8 Å². The molecule has 0 aromatic carbocycles. The first-order chi connectivity index (χ1) is 8.29. The second-order valence-corrected chi connectivity index (χ2v) is 6.14. The van der Waals surface area contributed by atoms with Crippen LogP contribution in [-0.2, 0) is 6.42 Å². The summed E-state index contributed by atoms with van der Waals surface area (Å²) in [5.74, 6) is 0. The van der Waals surface area contributed by atoms with Gasteiger partial charge in [-0.1, -0.05) is 6.92 Å². The summed E-state index contributed by atoms with van der Waals surface area (Å²) in [4.78, 5) is 4.05. The van der Waals surface area contributed by atoms with Crippen molar-refractivity contribution in [3.63, 3.8) is 0 Å². The molecule has 0 amide bonds. The number of aromatic nitrogens is 1. The van der Waals surface area contributed by atoms with E-state index in [4.69, 9.17) is 0 Å². The second kappa shape index (κ2) is 6.28. The van der Waals surface area contributed by atoms with Crippen molar-refractivity contribution >= 4 is 27.3 Å². The van der Waals surface area contributed by atoms with Crippen molar-refractivity contribution in [2.24, 2.45) is 0 Å². The van der Waals surface area contributed by atoms with E-state index < -0.39 is 0 Å². The number of nitrogens with zero attached hydrogens (tertiary/aromatic N) is 1. The van der Waals surface area contributed by atoms with Crippen LogP contribution in [-0.4, -0.2) is 11.5 Å². The number of likely N-dealkylation sites (N-methyl/N-ethyl adjacent to an activating group) is 1. The molecule has 2 nitrogen and oxygen atoms in total. The topological polar surface area (TPSA) is 24.9 Å². The number of halogens is 1. The molecule has 0 saturated carbocycles. The third-order valence-corrected chi connectivity index (χ3v) is 4.15. The predicted octanol–water partition coefficient (Wildman–Crippen LogP) is 3.80. The Balaban J connectivity index is 2.13. The average molecular weight is 311 g/mol. The molecule has 2 aromatic rings. The zero-order valence-electron chi connectivity index (χ0n) is 9.69. The van der Waals surface area contributed by atoms with Gasteiger partial charge in [-0.15, -0.1) is 11.3 Å². The molecule has 0 fully saturated rings. The summed E-state index contributed by atoms with van der Waals surface area (Å²) < 4.78 is 1.19. The maximum absolute atomic E-state index is 4.05. The van der Waals surface area contributed by atoms with E-state index >= 15 is 0 Å². The van der Waals surface area contributed by atoms with Crippen LogP contribution in [0.4, 0.5) is 0 Å². The summed E-state index contributed by atoms with van der Waals surface area (Å²) >= 11 is 5.25. The Morgan fingerprint density at radius 2 is 2.18 bits per heavy atom. The molecule has 0 saturated heterocycles. The lowest BCUT2D eigenvalue weighted by Gasteiger charge is -2.16. The first kappa shape index (κ1) is 12.7. The van der Waals surface area contributed by atoms with E-state index in [-0.39, 0.29) is 0 Å². The highest BCUT2D eigenvalue weighted by atomic mass is 79.9. The Morgan fingerprint density at radius 1 is 1.41 bits per heavy atom. The highest BCUT2D eigenvalue weighted by molar-refractivity contribution is 9.11. The summed E-state index contributed by atoms with van der Waals surface area (Å²) in [6, 6.07) is 6.72. The Labute approximate surface area is 114 Å². The zero-order valence-corrected chi connectivity index (χ0v) is 12.1. The zero-order chi connectivity index (χ0) is 12.1. The minimum absolute atomic E-state index is 0.380. The van der Waals surface area contributed by atoms with Gasteiger partial charge in [0.25, 0.3) is 0 Å². The van der Waals surface area contributed by atoms with Gasteiger partial charge in [-0.05, 0) is 63.6 Å². The first-order valence-electron chi connectivity index (χ1n) is 5.66. The molecule has 0 spiro atoms. The van der Waals surface area contributed by atoms with Crippen molar-refractivity contribution in [3.05, 3.63) is 50.9 Å². The van der Waals surface area contributed by atoms with Gasteiger partial charge in [0.15, 0.2) is 0 Å². The number of nitrogens with one attached hydrogen (secondary N) is 1. The molecule has 1 unspecified atom stereocenters. The molecule has 4 heteroatoms. The smallest absolute Gasteiger partial charge is 0.0701 e.